The molecule has 2 atom stereocenters. The summed E-state index contributed by atoms with van der Waals surface area (Å²) in [6.45, 7) is 4.15. The summed E-state index contributed by atoms with van der Waals surface area (Å²) in [5.74, 6) is 1.92. The van der Waals surface area contributed by atoms with Crippen LogP contribution < -0.4 is 10.2 Å². The van der Waals surface area contributed by atoms with E-state index in [1.54, 1.807) is 0 Å². The van der Waals surface area contributed by atoms with Crippen LogP contribution in [0.1, 0.15) is 35.4 Å². The van der Waals surface area contributed by atoms with Gasteiger partial charge in [-0.15, -0.1) is 0 Å². The number of rotatable bonds is 7. The van der Waals surface area contributed by atoms with Crippen LogP contribution in [-0.2, 0) is 30.7 Å². The van der Waals surface area contributed by atoms with E-state index in [4.69, 9.17) is 4.52 Å². The van der Waals surface area contributed by atoms with Gasteiger partial charge in [0.05, 0.1) is 12.2 Å². The van der Waals surface area contributed by atoms with Gasteiger partial charge < -0.3 is 19.6 Å². The molecule has 3 heterocycles. The molecule has 34 heavy (non-hydrogen) atoms. The molecule has 1 aromatic heterocycles. The van der Waals surface area contributed by atoms with Crippen molar-refractivity contribution in [1.82, 2.24) is 15.4 Å². The Morgan fingerprint density at radius 2 is 1.91 bits per heavy atom. The topological polar surface area (TPSA) is 61.6 Å². The van der Waals surface area contributed by atoms with Gasteiger partial charge in [0.1, 0.15) is 0 Å². The van der Waals surface area contributed by atoms with Crippen LogP contribution in [-0.4, -0.2) is 42.6 Å². The number of anilines is 1. The Hall–Kier alpha value is -3.12. The molecule has 3 aromatic rings. The van der Waals surface area contributed by atoms with Gasteiger partial charge in [0.15, 0.2) is 5.76 Å². The van der Waals surface area contributed by atoms with Gasteiger partial charge in [-0.3, -0.25) is 4.79 Å². The number of nitrogens with zero attached hydrogens (tertiary/aromatic N) is 3. The van der Waals surface area contributed by atoms with Crippen LogP contribution in [0.3, 0.4) is 0 Å². The van der Waals surface area contributed by atoms with Gasteiger partial charge in [0, 0.05) is 38.3 Å². The number of carbonyl (C=O) groups is 1. The van der Waals surface area contributed by atoms with E-state index in [0.29, 0.717) is 24.8 Å². The molecular formula is C28H34N4O2. The predicted octanol–water partition coefficient (Wildman–Crippen LogP) is 4.05. The fourth-order valence-electron chi connectivity index (χ4n) is 5.35. The van der Waals surface area contributed by atoms with Crippen molar-refractivity contribution in [2.45, 2.75) is 38.8 Å². The van der Waals surface area contributed by atoms with E-state index in [2.05, 4.69) is 69.8 Å². The third-order valence-electron chi connectivity index (χ3n) is 7.35. The average molecular weight is 459 g/mol. The standard InChI is InChI=1S/C28H34N4O2/c1-31(26-9-3-2-4-10-26)20-27-17-25(30-34-27)15-24-18-29-13-11-22(24)16-28(33)32-14-12-21-7-5-6-8-23(21)19-32/h2-10,17,22,24,29H,11-16,18-20H2,1H3/t22-,24-/m0/s1. The lowest BCUT2D eigenvalue weighted by Gasteiger charge is -2.34. The van der Waals surface area contributed by atoms with Crippen LogP contribution >= 0.6 is 0 Å². The first-order valence-corrected chi connectivity index (χ1v) is 12.4. The first kappa shape index (κ1) is 22.7. The lowest BCUT2D eigenvalue weighted by Crippen LogP contribution is -2.42. The van der Waals surface area contributed by atoms with Crippen LogP contribution in [0.5, 0.6) is 0 Å². The summed E-state index contributed by atoms with van der Waals surface area (Å²) >= 11 is 0. The van der Waals surface area contributed by atoms with E-state index in [1.165, 1.54) is 11.1 Å². The molecule has 1 N–H and O–H groups in total. The Labute approximate surface area is 201 Å². The van der Waals surface area contributed by atoms with Crippen LogP contribution in [0.15, 0.2) is 65.2 Å². The fraction of sp³-hybridized carbons (Fsp3) is 0.429. The van der Waals surface area contributed by atoms with Gasteiger partial charge in [-0.1, -0.05) is 47.6 Å². The minimum atomic E-state index is 0.289. The molecule has 178 valence electrons. The van der Waals surface area contributed by atoms with Crippen molar-refractivity contribution in [3.8, 4) is 0 Å². The van der Waals surface area contributed by atoms with Crippen molar-refractivity contribution in [1.29, 1.82) is 0 Å². The first-order chi connectivity index (χ1) is 16.7. The largest absolute Gasteiger partial charge is 0.367 e. The number of hydrogen-bond acceptors (Lipinski definition) is 5. The van der Waals surface area contributed by atoms with E-state index in [0.717, 1.165) is 62.6 Å². The number of carbonyl (C=O) groups excluding carboxylic acids is 1. The summed E-state index contributed by atoms with van der Waals surface area (Å²) in [6, 6.07) is 20.9. The summed E-state index contributed by atoms with van der Waals surface area (Å²) in [6.07, 6.45) is 3.45. The molecule has 1 saturated heterocycles. The van der Waals surface area contributed by atoms with E-state index < -0.39 is 0 Å². The number of benzene rings is 2. The monoisotopic (exact) mass is 458 g/mol. The lowest BCUT2D eigenvalue weighted by molar-refractivity contribution is -0.133. The SMILES string of the molecule is CN(Cc1cc(C[C@H]2CNCC[C@H]2CC(=O)N2CCc3ccccc3C2)no1)c1ccccc1. The van der Waals surface area contributed by atoms with Crippen LogP contribution in [0.25, 0.3) is 0 Å². The van der Waals surface area contributed by atoms with E-state index in [-0.39, 0.29) is 5.91 Å². The second-order valence-electron chi connectivity index (χ2n) is 9.73. The number of aromatic nitrogens is 1. The number of amides is 1. The molecule has 0 aliphatic carbocycles. The van der Waals surface area contributed by atoms with Crippen molar-refractivity contribution in [2.24, 2.45) is 11.8 Å². The number of para-hydroxylation sites is 1. The molecule has 0 saturated carbocycles. The zero-order valence-corrected chi connectivity index (χ0v) is 20.0. The zero-order chi connectivity index (χ0) is 23.3. The normalized spacial score (nSPS) is 20.1. The highest BCUT2D eigenvalue weighted by atomic mass is 16.5. The highest BCUT2D eigenvalue weighted by Gasteiger charge is 2.30. The number of nitrogens with one attached hydrogen (secondary N) is 1. The van der Waals surface area contributed by atoms with Gasteiger partial charge >= 0.3 is 0 Å². The van der Waals surface area contributed by atoms with Crippen molar-refractivity contribution in [3.05, 3.63) is 83.2 Å². The third-order valence-corrected chi connectivity index (χ3v) is 7.35. The Balaban J connectivity index is 1.18. The smallest absolute Gasteiger partial charge is 0.223 e. The summed E-state index contributed by atoms with van der Waals surface area (Å²) in [5, 5.41) is 7.88. The van der Waals surface area contributed by atoms with Crippen molar-refractivity contribution < 1.29 is 9.32 Å². The number of hydrogen-bond donors (Lipinski definition) is 1. The molecule has 0 unspecified atom stereocenters. The minimum absolute atomic E-state index is 0.289. The Bertz CT molecular complexity index is 1100. The Kier molecular flexibility index (Phi) is 6.95. The van der Waals surface area contributed by atoms with Gasteiger partial charge in [-0.2, -0.15) is 0 Å². The van der Waals surface area contributed by atoms with E-state index in [1.807, 2.05) is 18.2 Å². The molecule has 0 radical (unpaired) electrons. The molecule has 6 heteroatoms. The Morgan fingerprint density at radius 1 is 1.12 bits per heavy atom. The molecule has 1 fully saturated rings. The van der Waals surface area contributed by atoms with Crippen molar-refractivity contribution in [3.63, 3.8) is 0 Å². The summed E-state index contributed by atoms with van der Waals surface area (Å²) in [4.78, 5) is 17.4. The molecule has 2 aliphatic rings. The van der Waals surface area contributed by atoms with Gasteiger partial charge in [0.25, 0.3) is 0 Å². The predicted molar refractivity (Wildman–Crippen MR) is 133 cm³/mol. The van der Waals surface area contributed by atoms with Gasteiger partial charge in [-0.25, -0.2) is 0 Å². The highest BCUT2D eigenvalue weighted by molar-refractivity contribution is 5.77. The van der Waals surface area contributed by atoms with Crippen LogP contribution in [0.4, 0.5) is 5.69 Å². The second kappa shape index (κ2) is 10.4. The molecule has 2 aliphatic heterocycles. The summed E-state index contributed by atoms with van der Waals surface area (Å²) in [7, 11) is 2.06. The fourth-order valence-corrected chi connectivity index (χ4v) is 5.35. The molecule has 0 spiro atoms. The number of piperidine rings is 1. The summed E-state index contributed by atoms with van der Waals surface area (Å²) < 4.78 is 5.66. The zero-order valence-electron chi connectivity index (χ0n) is 20.0. The third kappa shape index (κ3) is 5.33. The van der Waals surface area contributed by atoms with Gasteiger partial charge in [-0.05, 0) is 67.4 Å². The highest BCUT2D eigenvalue weighted by Crippen LogP contribution is 2.28. The van der Waals surface area contributed by atoms with Crippen molar-refractivity contribution >= 4 is 11.6 Å². The molecule has 1 amide bonds. The Morgan fingerprint density at radius 3 is 2.76 bits per heavy atom. The quantitative estimate of drug-likeness (QED) is 0.579. The molecule has 0 bridgehead atoms. The van der Waals surface area contributed by atoms with E-state index >= 15 is 0 Å². The van der Waals surface area contributed by atoms with Gasteiger partial charge in [0.2, 0.25) is 5.91 Å². The van der Waals surface area contributed by atoms with Crippen LogP contribution in [0, 0.1) is 11.8 Å². The molecule has 6 nitrogen and oxygen atoms in total. The van der Waals surface area contributed by atoms with Crippen LogP contribution in [0.2, 0.25) is 0 Å². The maximum Gasteiger partial charge on any atom is 0.223 e. The molecular weight excluding hydrogens is 424 g/mol. The lowest BCUT2D eigenvalue weighted by atomic mass is 9.80. The van der Waals surface area contributed by atoms with Crippen molar-refractivity contribution in [2.75, 3.05) is 31.6 Å². The van der Waals surface area contributed by atoms with E-state index in [9.17, 15) is 4.79 Å². The molecule has 2 aromatic carbocycles. The minimum Gasteiger partial charge on any atom is -0.367 e. The number of fused-ring (bicyclic) bond motifs is 1. The molecule has 5 rings (SSSR count). The second-order valence-corrected chi connectivity index (χ2v) is 9.73. The first-order valence-electron chi connectivity index (χ1n) is 12.4. The maximum absolute atomic E-state index is 13.2. The maximum atomic E-state index is 13.2. The summed E-state index contributed by atoms with van der Waals surface area (Å²) in [5.41, 5.74) is 4.80. The average Bonchev–Trinajstić information content (AvgIpc) is 3.32.